The molecule has 4 rings (SSSR count). The molecule has 2 saturated heterocycles. The number of aromatic nitrogens is 2. The van der Waals surface area contributed by atoms with Crippen LogP contribution in [0.1, 0.15) is 18.0 Å². The SMILES string of the molecule is O=c1ccn([C@@H]2O[C@@H]3COC(c4c(F)cccc4Cl)N(O)[C@@H]3C2O)c(=O)[nH]1. The van der Waals surface area contributed by atoms with Gasteiger partial charge in [-0.25, -0.2) is 9.18 Å². The summed E-state index contributed by atoms with van der Waals surface area (Å²) in [6.07, 6.45) is -3.40. The Morgan fingerprint density at radius 2 is 2.07 bits per heavy atom. The predicted octanol–water partition coefficient (Wildman–Crippen LogP) is 0.376. The molecule has 0 aliphatic carbocycles. The number of hydrogen-bond donors (Lipinski definition) is 3. The number of fused-ring (bicyclic) bond motifs is 1. The van der Waals surface area contributed by atoms with E-state index in [-0.39, 0.29) is 17.2 Å². The summed E-state index contributed by atoms with van der Waals surface area (Å²) >= 11 is 6.04. The van der Waals surface area contributed by atoms with Crippen LogP contribution >= 0.6 is 11.6 Å². The number of nitrogens with zero attached hydrogens (tertiary/aromatic N) is 2. The summed E-state index contributed by atoms with van der Waals surface area (Å²) in [5.74, 6) is -0.674. The molecule has 9 nitrogen and oxygen atoms in total. The second-order valence-corrected chi connectivity index (χ2v) is 6.67. The van der Waals surface area contributed by atoms with Gasteiger partial charge >= 0.3 is 5.69 Å². The lowest BCUT2D eigenvalue weighted by molar-refractivity contribution is -0.295. The van der Waals surface area contributed by atoms with Crippen LogP contribution in [0.5, 0.6) is 0 Å². The number of H-pyrrole nitrogens is 1. The molecule has 144 valence electrons. The van der Waals surface area contributed by atoms with Crippen molar-refractivity contribution in [3.05, 3.63) is 67.7 Å². The van der Waals surface area contributed by atoms with Gasteiger partial charge < -0.3 is 19.8 Å². The van der Waals surface area contributed by atoms with E-state index < -0.39 is 47.8 Å². The highest BCUT2D eigenvalue weighted by atomic mass is 35.5. The first-order valence-corrected chi connectivity index (χ1v) is 8.44. The molecule has 2 aliphatic heterocycles. The van der Waals surface area contributed by atoms with Crippen molar-refractivity contribution in [3.63, 3.8) is 0 Å². The molecule has 0 saturated carbocycles. The van der Waals surface area contributed by atoms with Gasteiger partial charge in [0.05, 0.1) is 23.2 Å². The van der Waals surface area contributed by atoms with Crippen molar-refractivity contribution in [1.29, 1.82) is 0 Å². The molecular formula is C16H15ClFN3O6. The molecule has 0 spiro atoms. The minimum absolute atomic E-state index is 0.0549. The van der Waals surface area contributed by atoms with E-state index in [2.05, 4.69) is 4.98 Å². The van der Waals surface area contributed by atoms with Gasteiger partial charge in [-0.1, -0.05) is 17.7 Å². The fourth-order valence-corrected chi connectivity index (χ4v) is 3.69. The third-order valence-corrected chi connectivity index (χ3v) is 5.00. The molecule has 5 atom stereocenters. The highest BCUT2D eigenvalue weighted by molar-refractivity contribution is 6.31. The highest BCUT2D eigenvalue weighted by Crippen LogP contribution is 2.41. The standard InChI is InChI=1S/C16H15ClFN3O6/c17-7-2-1-3-8(18)11(7)14-21(25)12-9(6-26-14)27-15(13(12)23)20-5-4-10(22)19-16(20)24/h1-5,9,12-15,23,25H,6H2,(H,19,22,24)/t9-,12+,13?,14?,15-/m1/s1. The van der Waals surface area contributed by atoms with Gasteiger partial charge in [-0.05, 0) is 12.1 Å². The Balaban J connectivity index is 1.66. The number of aliphatic hydroxyl groups is 1. The van der Waals surface area contributed by atoms with Gasteiger partial charge in [-0.3, -0.25) is 14.3 Å². The van der Waals surface area contributed by atoms with Crippen LogP contribution in [0.2, 0.25) is 5.02 Å². The minimum Gasteiger partial charge on any atom is -0.387 e. The zero-order valence-corrected chi connectivity index (χ0v) is 14.4. The van der Waals surface area contributed by atoms with Crippen molar-refractivity contribution < 1.29 is 24.2 Å². The van der Waals surface area contributed by atoms with Crippen LogP contribution in [0.25, 0.3) is 0 Å². The van der Waals surface area contributed by atoms with Gasteiger partial charge in [0, 0.05) is 12.3 Å². The fourth-order valence-electron chi connectivity index (χ4n) is 3.43. The van der Waals surface area contributed by atoms with Crippen LogP contribution in [-0.4, -0.2) is 49.8 Å². The molecule has 3 heterocycles. The minimum atomic E-state index is -1.36. The number of halogens is 2. The van der Waals surface area contributed by atoms with Crippen LogP contribution in [-0.2, 0) is 9.47 Å². The van der Waals surface area contributed by atoms with Crippen LogP contribution in [0.3, 0.4) is 0 Å². The Hall–Kier alpha value is -2.08. The lowest BCUT2D eigenvalue weighted by Gasteiger charge is -2.39. The second kappa shape index (κ2) is 6.82. The number of aromatic amines is 1. The summed E-state index contributed by atoms with van der Waals surface area (Å²) in [5, 5.41) is 21.9. The summed E-state index contributed by atoms with van der Waals surface area (Å²) in [6.45, 7) is -0.0806. The van der Waals surface area contributed by atoms with Crippen LogP contribution in [0.15, 0.2) is 40.1 Å². The van der Waals surface area contributed by atoms with Crippen LogP contribution in [0.4, 0.5) is 4.39 Å². The average Bonchev–Trinajstić information content (AvgIpc) is 2.94. The topological polar surface area (TPSA) is 117 Å². The summed E-state index contributed by atoms with van der Waals surface area (Å²) < 4.78 is 26.4. The second-order valence-electron chi connectivity index (χ2n) is 6.26. The van der Waals surface area contributed by atoms with E-state index in [0.717, 1.165) is 10.6 Å². The van der Waals surface area contributed by atoms with Gasteiger partial charge in [0.1, 0.15) is 18.0 Å². The van der Waals surface area contributed by atoms with Gasteiger partial charge in [0.15, 0.2) is 12.5 Å². The fraction of sp³-hybridized carbons (Fsp3) is 0.375. The van der Waals surface area contributed by atoms with E-state index in [9.17, 15) is 24.3 Å². The molecule has 0 bridgehead atoms. The van der Waals surface area contributed by atoms with E-state index in [4.69, 9.17) is 21.1 Å². The smallest absolute Gasteiger partial charge is 0.330 e. The Kier molecular flexibility index (Phi) is 4.62. The molecule has 1 aromatic heterocycles. The van der Waals surface area contributed by atoms with Gasteiger partial charge in [-0.2, -0.15) is 5.06 Å². The van der Waals surface area contributed by atoms with Crippen LogP contribution < -0.4 is 11.2 Å². The van der Waals surface area contributed by atoms with Crippen LogP contribution in [0, 0.1) is 5.82 Å². The summed E-state index contributed by atoms with van der Waals surface area (Å²) in [4.78, 5) is 25.3. The number of hydrogen-bond acceptors (Lipinski definition) is 7. The molecule has 2 fully saturated rings. The molecule has 2 aromatic rings. The number of aliphatic hydroxyl groups excluding tert-OH is 1. The molecule has 3 N–H and O–H groups in total. The average molecular weight is 400 g/mol. The molecule has 0 radical (unpaired) electrons. The third kappa shape index (κ3) is 3.00. The monoisotopic (exact) mass is 399 g/mol. The maximum absolute atomic E-state index is 14.2. The number of ether oxygens (including phenoxy) is 2. The molecule has 11 heteroatoms. The first kappa shape index (κ1) is 18.3. The van der Waals surface area contributed by atoms with Gasteiger partial charge in [0.25, 0.3) is 5.56 Å². The van der Waals surface area contributed by atoms with Crippen molar-refractivity contribution in [1.82, 2.24) is 14.6 Å². The Morgan fingerprint density at radius 3 is 2.78 bits per heavy atom. The lowest BCUT2D eigenvalue weighted by Crippen LogP contribution is -2.53. The largest absolute Gasteiger partial charge is 0.387 e. The van der Waals surface area contributed by atoms with Crippen molar-refractivity contribution in [3.8, 4) is 0 Å². The molecule has 1 aromatic carbocycles. The predicted molar refractivity (Wildman–Crippen MR) is 88.8 cm³/mol. The number of rotatable bonds is 2. The van der Waals surface area contributed by atoms with Crippen molar-refractivity contribution >= 4 is 11.6 Å². The van der Waals surface area contributed by atoms with Gasteiger partial charge in [0.2, 0.25) is 0 Å². The van der Waals surface area contributed by atoms with E-state index in [1.165, 1.54) is 24.4 Å². The van der Waals surface area contributed by atoms with E-state index in [1.807, 2.05) is 0 Å². The first-order valence-electron chi connectivity index (χ1n) is 8.06. The third-order valence-electron chi connectivity index (χ3n) is 4.67. The number of benzene rings is 1. The quantitative estimate of drug-likeness (QED) is 0.668. The Morgan fingerprint density at radius 1 is 1.30 bits per heavy atom. The van der Waals surface area contributed by atoms with Crippen molar-refractivity contribution in [2.45, 2.75) is 30.7 Å². The molecule has 0 amide bonds. The molecule has 2 aliphatic rings. The van der Waals surface area contributed by atoms with E-state index in [0.29, 0.717) is 5.06 Å². The normalized spacial score (nSPS) is 31.0. The first-order chi connectivity index (χ1) is 12.9. The van der Waals surface area contributed by atoms with E-state index >= 15 is 0 Å². The summed E-state index contributed by atoms with van der Waals surface area (Å²) in [6, 6.07) is 4.14. The Labute approximate surface area is 156 Å². The lowest BCUT2D eigenvalue weighted by atomic mass is 10.0. The number of hydroxylamine groups is 2. The van der Waals surface area contributed by atoms with Crippen molar-refractivity contribution in [2.24, 2.45) is 0 Å². The highest BCUT2D eigenvalue weighted by Gasteiger charge is 2.53. The van der Waals surface area contributed by atoms with E-state index in [1.54, 1.807) is 0 Å². The molecule has 2 unspecified atom stereocenters. The maximum Gasteiger partial charge on any atom is 0.330 e. The summed E-state index contributed by atoms with van der Waals surface area (Å²) in [5.41, 5.74) is -1.44. The van der Waals surface area contributed by atoms with Gasteiger partial charge in [-0.15, -0.1) is 0 Å². The van der Waals surface area contributed by atoms with Crippen molar-refractivity contribution in [2.75, 3.05) is 6.61 Å². The molecule has 27 heavy (non-hydrogen) atoms. The zero-order valence-electron chi connectivity index (χ0n) is 13.7. The Bertz CT molecular complexity index is 961. The number of nitrogens with one attached hydrogen (secondary N) is 1. The summed E-state index contributed by atoms with van der Waals surface area (Å²) in [7, 11) is 0. The molecular weight excluding hydrogens is 385 g/mol. The zero-order chi connectivity index (χ0) is 19.3. The maximum atomic E-state index is 14.2.